The number of fused-ring (bicyclic) bond motifs is 1. The topological polar surface area (TPSA) is 155 Å². The Balaban J connectivity index is 1.40. The lowest BCUT2D eigenvalue weighted by Crippen LogP contribution is -2.07. The van der Waals surface area contributed by atoms with Gasteiger partial charge in [0.25, 0.3) is 0 Å². The molecule has 5 rings (SSSR count). The second kappa shape index (κ2) is 12.5. The minimum Gasteiger partial charge on any atom is -0.324 e. The molecule has 0 amide bonds. The Kier molecular flexibility index (Phi) is 8.79. The van der Waals surface area contributed by atoms with Gasteiger partial charge in [-0.3, -0.25) is 10.9 Å². The molecule has 1 aliphatic carbocycles. The summed E-state index contributed by atoms with van der Waals surface area (Å²) in [6.45, 7) is 3.60. The van der Waals surface area contributed by atoms with E-state index >= 15 is 0 Å². The first-order valence-electron chi connectivity index (χ1n) is 13.8. The van der Waals surface area contributed by atoms with E-state index < -0.39 is 19.7 Å². The molecular weight excluding hydrogens is 599 g/mol. The van der Waals surface area contributed by atoms with E-state index in [0.29, 0.717) is 29.0 Å². The van der Waals surface area contributed by atoms with E-state index in [2.05, 4.69) is 48.5 Å². The van der Waals surface area contributed by atoms with E-state index in [1.54, 1.807) is 68.4 Å². The van der Waals surface area contributed by atoms with Gasteiger partial charge in [0, 0.05) is 24.3 Å². The number of aromatic nitrogens is 2. The van der Waals surface area contributed by atoms with Crippen LogP contribution in [-0.4, -0.2) is 50.7 Å². The monoisotopic (exact) mass is 631 g/mol. The number of rotatable bonds is 10. The van der Waals surface area contributed by atoms with Crippen LogP contribution in [0.1, 0.15) is 42.5 Å². The molecule has 0 bridgehead atoms. The largest absolute Gasteiger partial charge is 0.324 e. The summed E-state index contributed by atoms with van der Waals surface area (Å²) in [5.41, 5.74) is 12.2. The standard InChI is InChI=1S/C31H33N7O4S2/c1-20(22-9-14-27(15-10-22)43(3,39)40)35-37-29-19-30(38-36-21(2)23-11-16-28(17-12-23)44(4,41)42)34-31(33-29)32-26-13-8-24-6-5-7-25(24)18-26/h8-19H,5-7H2,1-4H3,(H3,32,33,34,37,38). The zero-order chi connectivity index (χ0) is 31.5. The molecule has 228 valence electrons. The molecule has 3 aromatic carbocycles. The Morgan fingerprint density at radius 3 is 1.61 bits per heavy atom. The number of hydrogen-bond donors (Lipinski definition) is 3. The highest BCUT2D eigenvalue weighted by Gasteiger charge is 2.13. The summed E-state index contributed by atoms with van der Waals surface area (Å²) in [7, 11) is -6.60. The second-order valence-corrected chi connectivity index (χ2v) is 14.7. The van der Waals surface area contributed by atoms with Crippen LogP contribution in [0, 0.1) is 0 Å². The van der Waals surface area contributed by atoms with E-state index in [9.17, 15) is 16.8 Å². The Hall–Kier alpha value is -4.62. The molecule has 13 heteroatoms. The average molecular weight is 632 g/mol. The minimum atomic E-state index is -3.30. The Bertz CT molecular complexity index is 1860. The van der Waals surface area contributed by atoms with Crippen LogP contribution < -0.4 is 16.2 Å². The molecule has 0 saturated carbocycles. The Morgan fingerprint density at radius 2 is 1.14 bits per heavy atom. The van der Waals surface area contributed by atoms with E-state index in [1.165, 1.54) is 23.6 Å². The zero-order valence-electron chi connectivity index (χ0n) is 24.8. The van der Waals surface area contributed by atoms with Crippen molar-refractivity contribution in [3.05, 3.63) is 95.1 Å². The molecule has 0 unspecified atom stereocenters. The van der Waals surface area contributed by atoms with Crippen molar-refractivity contribution in [3.63, 3.8) is 0 Å². The summed E-state index contributed by atoms with van der Waals surface area (Å²) in [6, 6.07) is 20.9. The number of aryl methyl sites for hydroxylation is 2. The summed E-state index contributed by atoms with van der Waals surface area (Å²) < 4.78 is 47.2. The highest BCUT2D eigenvalue weighted by Crippen LogP contribution is 2.27. The van der Waals surface area contributed by atoms with Crippen molar-refractivity contribution in [1.29, 1.82) is 0 Å². The van der Waals surface area contributed by atoms with Gasteiger partial charge < -0.3 is 5.32 Å². The molecule has 1 heterocycles. The third-order valence-corrected chi connectivity index (χ3v) is 9.41. The number of anilines is 4. The summed E-state index contributed by atoms with van der Waals surface area (Å²) >= 11 is 0. The lowest BCUT2D eigenvalue weighted by Gasteiger charge is -2.11. The molecule has 3 N–H and O–H groups in total. The summed E-state index contributed by atoms with van der Waals surface area (Å²) in [4.78, 5) is 9.64. The number of benzene rings is 3. The number of hydrazone groups is 2. The summed E-state index contributed by atoms with van der Waals surface area (Å²) in [6.07, 6.45) is 5.60. The van der Waals surface area contributed by atoms with E-state index in [1.807, 2.05) is 6.07 Å². The van der Waals surface area contributed by atoms with Crippen LogP contribution in [0.25, 0.3) is 0 Å². The van der Waals surface area contributed by atoms with Gasteiger partial charge in [0.2, 0.25) is 5.95 Å². The van der Waals surface area contributed by atoms with Crippen molar-refractivity contribution in [2.45, 2.75) is 42.9 Å². The van der Waals surface area contributed by atoms with Gasteiger partial charge in [-0.05, 0) is 91.8 Å². The van der Waals surface area contributed by atoms with Crippen LogP contribution in [0.2, 0.25) is 0 Å². The third-order valence-electron chi connectivity index (χ3n) is 7.16. The van der Waals surface area contributed by atoms with Crippen molar-refractivity contribution in [3.8, 4) is 0 Å². The molecule has 1 aromatic heterocycles. The van der Waals surface area contributed by atoms with Gasteiger partial charge >= 0.3 is 0 Å². The molecule has 0 radical (unpaired) electrons. The fourth-order valence-corrected chi connectivity index (χ4v) is 5.96. The van der Waals surface area contributed by atoms with Gasteiger partial charge in [-0.15, -0.1) is 0 Å². The summed E-state index contributed by atoms with van der Waals surface area (Å²) in [5, 5.41) is 12.2. The van der Waals surface area contributed by atoms with Crippen molar-refractivity contribution in [1.82, 2.24) is 9.97 Å². The molecule has 44 heavy (non-hydrogen) atoms. The highest BCUT2D eigenvalue weighted by molar-refractivity contribution is 7.91. The van der Waals surface area contributed by atoms with Gasteiger partial charge in [0.05, 0.1) is 21.2 Å². The van der Waals surface area contributed by atoms with Gasteiger partial charge in [0.1, 0.15) is 0 Å². The number of nitrogens with zero attached hydrogens (tertiary/aromatic N) is 4. The van der Waals surface area contributed by atoms with Crippen LogP contribution in [0.4, 0.5) is 23.3 Å². The maximum Gasteiger partial charge on any atom is 0.231 e. The molecule has 0 saturated heterocycles. The molecule has 1 aliphatic rings. The van der Waals surface area contributed by atoms with E-state index in [-0.39, 0.29) is 9.79 Å². The maximum atomic E-state index is 11.8. The fourth-order valence-electron chi connectivity index (χ4n) is 4.69. The first-order valence-corrected chi connectivity index (χ1v) is 17.6. The average Bonchev–Trinajstić information content (AvgIpc) is 3.46. The van der Waals surface area contributed by atoms with Gasteiger partial charge in [0.15, 0.2) is 31.3 Å². The number of nitrogens with one attached hydrogen (secondary N) is 3. The Morgan fingerprint density at radius 1 is 0.659 bits per heavy atom. The molecule has 0 atom stereocenters. The van der Waals surface area contributed by atoms with Gasteiger partial charge in [-0.2, -0.15) is 20.2 Å². The van der Waals surface area contributed by atoms with Crippen molar-refractivity contribution < 1.29 is 16.8 Å². The van der Waals surface area contributed by atoms with Crippen LogP contribution >= 0.6 is 0 Å². The molecule has 0 fully saturated rings. The summed E-state index contributed by atoms with van der Waals surface area (Å²) in [5.74, 6) is 1.11. The highest BCUT2D eigenvalue weighted by atomic mass is 32.2. The van der Waals surface area contributed by atoms with E-state index in [4.69, 9.17) is 0 Å². The third kappa shape index (κ3) is 7.66. The van der Waals surface area contributed by atoms with Crippen molar-refractivity contribution in [2.75, 3.05) is 28.7 Å². The Labute approximate surface area is 257 Å². The zero-order valence-corrected chi connectivity index (χ0v) is 26.4. The first-order chi connectivity index (χ1) is 20.8. The number of sulfone groups is 2. The quantitative estimate of drug-likeness (QED) is 0.158. The molecular formula is C31H33N7O4S2. The first kappa shape index (κ1) is 30.8. The minimum absolute atomic E-state index is 0.234. The lowest BCUT2D eigenvalue weighted by atomic mass is 10.1. The second-order valence-electron chi connectivity index (χ2n) is 10.6. The van der Waals surface area contributed by atoms with E-state index in [0.717, 1.165) is 36.1 Å². The van der Waals surface area contributed by atoms with Gasteiger partial charge in [-0.1, -0.05) is 30.3 Å². The fraction of sp³-hybridized carbons (Fsp3) is 0.226. The normalized spacial score (nSPS) is 13.8. The van der Waals surface area contributed by atoms with Crippen molar-refractivity contribution in [2.24, 2.45) is 10.2 Å². The van der Waals surface area contributed by atoms with Crippen LogP contribution in [0.15, 0.2) is 92.8 Å². The molecule has 11 nitrogen and oxygen atoms in total. The van der Waals surface area contributed by atoms with Crippen LogP contribution in [-0.2, 0) is 32.5 Å². The molecule has 0 aliphatic heterocycles. The maximum absolute atomic E-state index is 11.8. The SMILES string of the molecule is CC(=NNc1cc(NN=C(C)c2ccc(S(C)(=O)=O)cc2)nc(Nc2ccc3c(c2)CCC3)n1)c1ccc(S(C)(=O)=O)cc1. The van der Waals surface area contributed by atoms with Crippen LogP contribution in [0.5, 0.6) is 0 Å². The number of hydrogen-bond acceptors (Lipinski definition) is 11. The predicted octanol–water partition coefficient (Wildman–Crippen LogP) is 5.19. The van der Waals surface area contributed by atoms with Crippen LogP contribution in [0.3, 0.4) is 0 Å². The lowest BCUT2D eigenvalue weighted by molar-refractivity contribution is 0.600. The molecule has 4 aromatic rings. The predicted molar refractivity (Wildman–Crippen MR) is 175 cm³/mol. The smallest absolute Gasteiger partial charge is 0.231 e. The van der Waals surface area contributed by atoms with Gasteiger partial charge in [-0.25, -0.2) is 16.8 Å². The molecule has 0 spiro atoms. The van der Waals surface area contributed by atoms with Crippen molar-refractivity contribution >= 4 is 54.4 Å².